The smallest absolute Gasteiger partial charge is 0.150 e. The largest absolute Gasteiger partial charge is 0.383 e. The maximum absolute atomic E-state index is 6.18. The second-order valence-electron chi connectivity index (χ2n) is 4.55. The Morgan fingerprint density at radius 2 is 1.89 bits per heavy atom. The van der Waals surface area contributed by atoms with Crippen molar-refractivity contribution in [1.29, 1.82) is 0 Å². The van der Waals surface area contributed by atoms with E-state index in [0.29, 0.717) is 13.2 Å². The molecule has 0 radical (unpaired) electrons. The van der Waals surface area contributed by atoms with Gasteiger partial charge in [0.2, 0.25) is 0 Å². The van der Waals surface area contributed by atoms with E-state index in [2.05, 4.69) is 9.97 Å². The highest BCUT2D eigenvalue weighted by atomic mass is 35.5. The van der Waals surface area contributed by atoms with Crippen molar-refractivity contribution in [2.45, 2.75) is 12.3 Å². The van der Waals surface area contributed by atoms with Gasteiger partial charge in [0, 0.05) is 20.7 Å². The minimum atomic E-state index is -0.0670. The normalized spacial score (nSPS) is 12.6. The summed E-state index contributed by atoms with van der Waals surface area (Å²) in [5.41, 5.74) is 2.71. The lowest BCUT2D eigenvalue weighted by molar-refractivity contribution is 0.199. The zero-order valence-electron chi connectivity index (χ0n) is 11.4. The Labute approximate surface area is 118 Å². The Kier molecular flexibility index (Phi) is 4.56. The van der Waals surface area contributed by atoms with Crippen LogP contribution in [0.25, 0.3) is 11.0 Å². The molecule has 0 aliphatic carbocycles. The van der Waals surface area contributed by atoms with Crippen LogP contribution < -0.4 is 4.90 Å². The fourth-order valence-corrected chi connectivity index (χ4v) is 2.39. The number of alkyl halides is 1. The van der Waals surface area contributed by atoms with Crippen LogP contribution in [0.3, 0.4) is 0 Å². The third kappa shape index (κ3) is 3.33. The van der Waals surface area contributed by atoms with E-state index in [9.17, 15) is 0 Å². The van der Waals surface area contributed by atoms with Crippen molar-refractivity contribution in [3.05, 3.63) is 30.0 Å². The topological polar surface area (TPSA) is 38.2 Å². The van der Waals surface area contributed by atoms with Crippen molar-refractivity contribution in [3.8, 4) is 0 Å². The van der Waals surface area contributed by atoms with Crippen LogP contribution in [0.5, 0.6) is 0 Å². The molecular weight excluding hydrogens is 262 g/mol. The summed E-state index contributed by atoms with van der Waals surface area (Å²) in [5, 5.41) is -0.0670. The lowest BCUT2D eigenvalue weighted by atomic mass is 10.3. The highest BCUT2D eigenvalue weighted by molar-refractivity contribution is 6.21. The summed E-state index contributed by atoms with van der Waals surface area (Å²) in [6.45, 7) is 3.15. The third-order valence-corrected chi connectivity index (χ3v) is 3.16. The van der Waals surface area contributed by atoms with E-state index in [1.54, 1.807) is 7.11 Å². The van der Waals surface area contributed by atoms with E-state index >= 15 is 0 Å². The molecule has 4 nitrogen and oxygen atoms in total. The predicted octanol–water partition coefficient (Wildman–Crippen LogP) is 2.63. The summed E-state index contributed by atoms with van der Waals surface area (Å²) in [6.07, 6.45) is 0. The van der Waals surface area contributed by atoms with Gasteiger partial charge >= 0.3 is 0 Å². The molecule has 1 aromatic heterocycles. The maximum Gasteiger partial charge on any atom is 0.150 e. The second kappa shape index (κ2) is 6.17. The van der Waals surface area contributed by atoms with Crippen molar-refractivity contribution in [1.82, 2.24) is 9.97 Å². The van der Waals surface area contributed by atoms with E-state index in [4.69, 9.17) is 16.3 Å². The quantitative estimate of drug-likeness (QED) is 0.789. The van der Waals surface area contributed by atoms with Crippen molar-refractivity contribution in [3.63, 3.8) is 0 Å². The number of rotatable bonds is 5. The van der Waals surface area contributed by atoms with Crippen LogP contribution in [0.15, 0.2) is 24.3 Å². The molecule has 2 aromatic rings. The zero-order chi connectivity index (χ0) is 13.8. The number of hydrogen-bond acceptors (Lipinski definition) is 4. The first-order valence-electron chi connectivity index (χ1n) is 6.19. The number of para-hydroxylation sites is 2. The molecule has 0 N–H and O–H groups in total. The molecule has 1 heterocycles. The Bertz CT molecular complexity index is 561. The molecule has 1 atom stereocenters. The average molecular weight is 280 g/mol. The Morgan fingerprint density at radius 1 is 1.26 bits per heavy atom. The second-order valence-corrected chi connectivity index (χ2v) is 5.17. The highest BCUT2D eigenvalue weighted by Gasteiger charge is 2.13. The van der Waals surface area contributed by atoms with Gasteiger partial charge in [0.15, 0.2) is 5.82 Å². The van der Waals surface area contributed by atoms with Gasteiger partial charge < -0.3 is 9.64 Å². The monoisotopic (exact) mass is 279 g/mol. The number of hydrogen-bond donors (Lipinski definition) is 0. The fraction of sp³-hybridized carbons (Fsp3) is 0.429. The summed E-state index contributed by atoms with van der Waals surface area (Å²) in [6, 6.07) is 7.86. The van der Waals surface area contributed by atoms with Crippen LogP contribution in [-0.2, 0) is 4.74 Å². The van der Waals surface area contributed by atoms with Crippen molar-refractivity contribution in [2.24, 2.45) is 0 Å². The number of aromatic nitrogens is 2. The van der Waals surface area contributed by atoms with Crippen LogP contribution in [0.1, 0.15) is 5.69 Å². The molecule has 102 valence electrons. The summed E-state index contributed by atoms with van der Waals surface area (Å²) >= 11 is 6.18. The van der Waals surface area contributed by atoms with E-state index in [0.717, 1.165) is 22.5 Å². The lowest BCUT2D eigenvalue weighted by Gasteiger charge is -2.22. The molecule has 2 rings (SSSR count). The third-order valence-electron chi connectivity index (χ3n) is 2.90. The fourth-order valence-electron chi connectivity index (χ4n) is 2.06. The molecule has 0 aliphatic rings. The molecule has 5 heteroatoms. The molecule has 19 heavy (non-hydrogen) atoms. The number of anilines is 1. The van der Waals surface area contributed by atoms with E-state index < -0.39 is 0 Å². The van der Waals surface area contributed by atoms with Crippen LogP contribution in [0, 0.1) is 6.92 Å². The molecular formula is C14H18ClN3O. The van der Waals surface area contributed by atoms with Gasteiger partial charge in [0.05, 0.1) is 28.7 Å². The summed E-state index contributed by atoms with van der Waals surface area (Å²) in [5.74, 6) is 0.862. The summed E-state index contributed by atoms with van der Waals surface area (Å²) in [7, 11) is 3.62. The molecule has 0 saturated heterocycles. The number of fused-ring (bicyclic) bond motifs is 1. The van der Waals surface area contributed by atoms with Crippen LogP contribution in [0.2, 0.25) is 0 Å². The van der Waals surface area contributed by atoms with Gasteiger partial charge in [-0.15, -0.1) is 11.6 Å². The van der Waals surface area contributed by atoms with Gasteiger partial charge in [-0.2, -0.15) is 0 Å². The van der Waals surface area contributed by atoms with Crippen LogP contribution in [0.4, 0.5) is 5.82 Å². The van der Waals surface area contributed by atoms with E-state index in [-0.39, 0.29) is 5.38 Å². The Balaban J connectivity index is 2.26. The van der Waals surface area contributed by atoms with Gasteiger partial charge in [0.1, 0.15) is 0 Å². The number of methoxy groups -OCH3 is 1. The standard InChI is InChI=1S/C14H18ClN3O/c1-10-14(18(2)8-11(15)9-19-3)17-13-7-5-4-6-12(13)16-10/h4-7,11H,8-9H2,1-3H3. The summed E-state index contributed by atoms with van der Waals surface area (Å²) < 4.78 is 5.05. The van der Waals surface area contributed by atoms with E-state index in [1.165, 1.54) is 0 Å². The Morgan fingerprint density at radius 3 is 2.53 bits per heavy atom. The molecule has 0 spiro atoms. The lowest BCUT2D eigenvalue weighted by Crippen LogP contribution is -2.29. The first-order valence-corrected chi connectivity index (χ1v) is 6.63. The average Bonchev–Trinajstić information content (AvgIpc) is 2.38. The highest BCUT2D eigenvalue weighted by Crippen LogP contribution is 2.19. The van der Waals surface area contributed by atoms with Crippen LogP contribution in [-0.4, -0.2) is 42.7 Å². The number of halogens is 1. The van der Waals surface area contributed by atoms with Crippen molar-refractivity contribution in [2.75, 3.05) is 32.2 Å². The van der Waals surface area contributed by atoms with Gasteiger partial charge in [-0.05, 0) is 19.1 Å². The number of ether oxygens (including phenoxy) is 1. The van der Waals surface area contributed by atoms with Gasteiger partial charge in [-0.3, -0.25) is 0 Å². The SMILES string of the molecule is COCC(Cl)CN(C)c1nc2ccccc2nc1C. The summed E-state index contributed by atoms with van der Waals surface area (Å²) in [4.78, 5) is 11.2. The van der Waals surface area contributed by atoms with Crippen molar-refractivity contribution >= 4 is 28.5 Å². The van der Waals surface area contributed by atoms with Gasteiger partial charge in [-0.25, -0.2) is 9.97 Å². The molecule has 0 bridgehead atoms. The molecule has 1 unspecified atom stereocenters. The van der Waals surface area contributed by atoms with E-state index in [1.807, 2.05) is 43.1 Å². The zero-order valence-corrected chi connectivity index (χ0v) is 12.2. The molecule has 1 aromatic carbocycles. The maximum atomic E-state index is 6.18. The first kappa shape index (κ1) is 14.0. The molecule has 0 fully saturated rings. The van der Waals surface area contributed by atoms with Crippen molar-refractivity contribution < 1.29 is 4.74 Å². The molecule has 0 aliphatic heterocycles. The van der Waals surface area contributed by atoms with Crippen LogP contribution >= 0.6 is 11.6 Å². The predicted molar refractivity (Wildman–Crippen MR) is 79.1 cm³/mol. The minimum Gasteiger partial charge on any atom is -0.383 e. The van der Waals surface area contributed by atoms with Gasteiger partial charge in [-0.1, -0.05) is 12.1 Å². The minimum absolute atomic E-state index is 0.0670. The Hall–Kier alpha value is -1.39. The molecule has 0 saturated carbocycles. The number of benzene rings is 1. The molecule has 0 amide bonds. The van der Waals surface area contributed by atoms with Gasteiger partial charge in [0.25, 0.3) is 0 Å². The number of aryl methyl sites for hydroxylation is 1. The number of nitrogens with zero attached hydrogens (tertiary/aromatic N) is 3. The first-order chi connectivity index (χ1) is 9.11.